The first-order valence-electron chi connectivity index (χ1n) is 8.30. The second-order valence-corrected chi connectivity index (χ2v) is 5.86. The SMILES string of the molecule is CCOC(=O)N1CCN(c2nc3ccccc3n3cccc23)CC1. The largest absolute Gasteiger partial charge is 0.450 e. The summed E-state index contributed by atoms with van der Waals surface area (Å²) in [4.78, 5) is 20.7. The van der Waals surface area contributed by atoms with E-state index in [2.05, 4.69) is 27.6 Å². The zero-order valence-electron chi connectivity index (χ0n) is 13.7. The minimum absolute atomic E-state index is 0.226. The van der Waals surface area contributed by atoms with Crippen LogP contribution in [0.25, 0.3) is 16.6 Å². The maximum absolute atomic E-state index is 11.9. The highest BCUT2D eigenvalue weighted by molar-refractivity contribution is 5.85. The van der Waals surface area contributed by atoms with Crippen LogP contribution in [0.2, 0.25) is 0 Å². The van der Waals surface area contributed by atoms with Crippen LogP contribution in [-0.2, 0) is 4.74 Å². The number of hydrogen-bond donors (Lipinski definition) is 0. The van der Waals surface area contributed by atoms with Gasteiger partial charge in [-0.15, -0.1) is 0 Å². The van der Waals surface area contributed by atoms with Gasteiger partial charge in [-0.2, -0.15) is 0 Å². The topological polar surface area (TPSA) is 50.1 Å². The highest BCUT2D eigenvalue weighted by Gasteiger charge is 2.24. The lowest BCUT2D eigenvalue weighted by atomic mass is 10.2. The normalized spacial score (nSPS) is 15.2. The molecule has 1 aliphatic heterocycles. The zero-order valence-corrected chi connectivity index (χ0v) is 13.7. The molecule has 1 fully saturated rings. The van der Waals surface area contributed by atoms with Gasteiger partial charge in [0.25, 0.3) is 0 Å². The number of para-hydroxylation sites is 2. The fourth-order valence-electron chi connectivity index (χ4n) is 3.26. The summed E-state index contributed by atoms with van der Waals surface area (Å²) in [6, 6.07) is 12.3. The Morgan fingerprint density at radius 3 is 2.62 bits per heavy atom. The van der Waals surface area contributed by atoms with Gasteiger partial charge in [0.05, 0.1) is 23.2 Å². The number of carbonyl (C=O) groups excluding carboxylic acids is 1. The van der Waals surface area contributed by atoms with Gasteiger partial charge in [-0.1, -0.05) is 12.1 Å². The predicted octanol–water partition coefficient (Wildman–Crippen LogP) is 2.77. The van der Waals surface area contributed by atoms with E-state index in [9.17, 15) is 4.79 Å². The molecule has 0 saturated carbocycles. The van der Waals surface area contributed by atoms with Gasteiger partial charge in [-0.05, 0) is 31.2 Å². The number of piperazine rings is 1. The van der Waals surface area contributed by atoms with E-state index in [0.29, 0.717) is 19.7 Å². The minimum Gasteiger partial charge on any atom is -0.450 e. The molecule has 0 aliphatic carbocycles. The molecule has 0 bridgehead atoms. The average Bonchev–Trinajstić information content (AvgIpc) is 3.11. The molecule has 0 atom stereocenters. The number of fused-ring (bicyclic) bond motifs is 3. The molecule has 3 aromatic rings. The van der Waals surface area contributed by atoms with Crippen LogP contribution in [0.1, 0.15) is 6.92 Å². The van der Waals surface area contributed by atoms with E-state index in [0.717, 1.165) is 35.5 Å². The smallest absolute Gasteiger partial charge is 0.409 e. The van der Waals surface area contributed by atoms with E-state index in [-0.39, 0.29) is 6.09 Å². The Morgan fingerprint density at radius 1 is 1.08 bits per heavy atom. The van der Waals surface area contributed by atoms with Crippen molar-refractivity contribution in [1.29, 1.82) is 0 Å². The lowest BCUT2D eigenvalue weighted by Crippen LogP contribution is -2.49. The molecule has 1 aliphatic rings. The summed E-state index contributed by atoms with van der Waals surface area (Å²) < 4.78 is 7.26. The van der Waals surface area contributed by atoms with Crippen LogP contribution >= 0.6 is 0 Å². The Bertz CT molecular complexity index is 881. The van der Waals surface area contributed by atoms with Gasteiger partial charge in [-0.3, -0.25) is 0 Å². The van der Waals surface area contributed by atoms with Crippen LogP contribution in [0.15, 0.2) is 42.6 Å². The highest BCUT2D eigenvalue weighted by atomic mass is 16.6. The van der Waals surface area contributed by atoms with Gasteiger partial charge in [0.1, 0.15) is 0 Å². The Hall–Kier alpha value is -2.76. The molecule has 1 aromatic carbocycles. The monoisotopic (exact) mass is 324 g/mol. The van der Waals surface area contributed by atoms with Crippen molar-refractivity contribution in [2.24, 2.45) is 0 Å². The quantitative estimate of drug-likeness (QED) is 0.727. The lowest BCUT2D eigenvalue weighted by Gasteiger charge is -2.35. The van der Waals surface area contributed by atoms with Crippen molar-refractivity contribution in [3.63, 3.8) is 0 Å². The lowest BCUT2D eigenvalue weighted by molar-refractivity contribution is 0.105. The summed E-state index contributed by atoms with van der Waals surface area (Å²) in [6.45, 7) is 5.06. The molecule has 24 heavy (non-hydrogen) atoms. The van der Waals surface area contributed by atoms with E-state index in [1.165, 1.54) is 0 Å². The van der Waals surface area contributed by atoms with E-state index >= 15 is 0 Å². The molecule has 1 amide bonds. The Kier molecular flexibility index (Phi) is 3.72. The van der Waals surface area contributed by atoms with Crippen molar-refractivity contribution in [2.45, 2.75) is 6.92 Å². The summed E-state index contributed by atoms with van der Waals surface area (Å²) in [5.74, 6) is 0.974. The predicted molar refractivity (Wildman–Crippen MR) is 93.5 cm³/mol. The third-order valence-electron chi connectivity index (χ3n) is 4.45. The van der Waals surface area contributed by atoms with E-state index < -0.39 is 0 Å². The van der Waals surface area contributed by atoms with Crippen LogP contribution in [0.5, 0.6) is 0 Å². The fourth-order valence-corrected chi connectivity index (χ4v) is 3.26. The summed E-state index contributed by atoms with van der Waals surface area (Å²) in [6.07, 6.45) is 1.84. The molecule has 4 rings (SSSR count). The minimum atomic E-state index is -0.226. The van der Waals surface area contributed by atoms with Gasteiger partial charge in [0.2, 0.25) is 0 Å². The van der Waals surface area contributed by atoms with Crippen molar-refractivity contribution in [1.82, 2.24) is 14.3 Å². The zero-order chi connectivity index (χ0) is 16.5. The summed E-state index contributed by atoms with van der Waals surface area (Å²) in [7, 11) is 0. The molecule has 2 aromatic heterocycles. The molecule has 1 saturated heterocycles. The molecule has 6 nitrogen and oxygen atoms in total. The van der Waals surface area contributed by atoms with Crippen molar-refractivity contribution in [2.75, 3.05) is 37.7 Å². The van der Waals surface area contributed by atoms with Gasteiger partial charge in [0.15, 0.2) is 5.82 Å². The fraction of sp³-hybridized carbons (Fsp3) is 0.333. The number of aromatic nitrogens is 2. The summed E-state index contributed by atoms with van der Waals surface area (Å²) in [5, 5.41) is 0. The average molecular weight is 324 g/mol. The third-order valence-corrected chi connectivity index (χ3v) is 4.45. The summed E-state index contributed by atoms with van der Waals surface area (Å²) in [5.41, 5.74) is 3.17. The van der Waals surface area contributed by atoms with Crippen molar-refractivity contribution in [3.05, 3.63) is 42.6 Å². The second-order valence-electron chi connectivity index (χ2n) is 5.86. The number of rotatable bonds is 2. The molecular formula is C18H20N4O2. The van der Waals surface area contributed by atoms with Crippen molar-refractivity contribution < 1.29 is 9.53 Å². The molecule has 0 radical (unpaired) electrons. The highest BCUT2D eigenvalue weighted by Crippen LogP contribution is 2.26. The molecule has 0 unspecified atom stereocenters. The Balaban J connectivity index is 1.65. The van der Waals surface area contributed by atoms with Crippen LogP contribution in [-0.4, -0.2) is 53.2 Å². The summed E-state index contributed by atoms with van der Waals surface area (Å²) >= 11 is 0. The van der Waals surface area contributed by atoms with Gasteiger partial charge >= 0.3 is 6.09 Å². The van der Waals surface area contributed by atoms with Crippen molar-refractivity contribution >= 4 is 28.5 Å². The number of carbonyl (C=O) groups is 1. The molecule has 3 heterocycles. The number of anilines is 1. The first kappa shape index (κ1) is 14.8. The van der Waals surface area contributed by atoms with E-state index in [1.54, 1.807) is 4.90 Å². The van der Waals surface area contributed by atoms with Crippen LogP contribution in [0.4, 0.5) is 10.6 Å². The maximum Gasteiger partial charge on any atom is 0.409 e. The van der Waals surface area contributed by atoms with Gasteiger partial charge in [0, 0.05) is 32.4 Å². The first-order chi connectivity index (χ1) is 11.8. The molecule has 0 N–H and O–H groups in total. The van der Waals surface area contributed by atoms with Crippen LogP contribution in [0.3, 0.4) is 0 Å². The van der Waals surface area contributed by atoms with Crippen LogP contribution in [0, 0.1) is 0 Å². The van der Waals surface area contributed by atoms with Gasteiger partial charge in [-0.25, -0.2) is 9.78 Å². The number of amides is 1. The van der Waals surface area contributed by atoms with Crippen LogP contribution < -0.4 is 4.90 Å². The number of ether oxygens (including phenoxy) is 1. The van der Waals surface area contributed by atoms with Crippen molar-refractivity contribution in [3.8, 4) is 0 Å². The molecule has 6 heteroatoms. The molecule has 124 valence electrons. The standard InChI is InChI=1S/C18H20N4O2/c1-2-24-18(23)21-12-10-20(11-13-21)17-16-8-5-9-22(16)15-7-4-3-6-14(15)19-17/h3-9H,2,10-13H2,1H3. The molecule has 0 spiro atoms. The number of benzene rings is 1. The second kappa shape index (κ2) is 6.03. The number of hydrogen-bond acceptors (Lipinski definition) is 4. The molecular weight excluding hydrogens is 304 g/mol. The first-order valence-corrected chi connectivity index (χ1v) is 8.30. The maximum atomic E-state index is 11.9. The van der Waals surface area contributed by atoms with E-state index in [1.807, 2.05) is 31.2 Å². The Labute approximate surface area is 140 Å². The van der Waals surface area contributed by atoms with E-state index in [4.69, 9.17) is 9.72 Å². The third kappa shape index (κ3) is 2.44. The Morgan fingerprint density at radius 2 is 1.83 bits per heavy atom. The van der Waals surface area contributed by atoms with Gasteiger partial charge < -0.3 is 18.9 Å². The number of nitrogens with zero attached hydrogens (tertiary/aromatic N) is 4.